The average Bonchev–Trinajstić information content (AvgIpc) is 3.31. The second-order valence-electron chi connectivity index (χ2n) is 7.23. The van der Waals surface area contributed by atoms with Crippen LogP contribution in [0.15, 0.2) is 36.8 Å². The first kappa shape index (κ1) is 15.9. The van der Waals surface area contributed by atoms with Gasteiger partial charge in [-0.1, -0.05) is 19.3 Å². The highest BCUT2D eigenvalue weighted by Crippen LogP contribution is 2.36. The van der Waals surface area contributed by atoms with E-state index in [4.69, 9.17) is 10.2 Å². The number of aromatic amines is 2. The van der Waals surface area contributed by atoms with E-state index in [0.29, 0.717) is 22.9 Å². The molecule has 4 aromatic rings. The van der Waals surface area contributed by atoms with E-state index in [0.717, 1.165) is 22.1 Å². The Morgan fingerprint density at radius 2 is 2.00 bits per heavy atom. The molecule has 1 saturated carbocycles. The standard InChI is InChI=1S/C21H20N6/c22-9-14-10-25-21-16(14)6-7-19(27-21)26-15-8-18-20(24-11-15)17(12-23-18)13-4-2-1-3-5-13/h6-8,10-13,23H,1-5H2,(H2,25,26,27). The van der Waals surface area contributed by atoms with E-state index in [-0.39, 0.29) is 0 Å². The minimum Gasteiger partial charge on any atom is -0.359 e. The van der Waals surface area contributed by atoms with Crippen LogP contribution in [0.3, 0.4) is 0 Å². The van der Waals surface area contributed by atoms with Crippen LogP contribution >= 0.6 is 0 Å². The summed E-state index contributed by atoms with van der Waals surface area (Å²) in [6, 6.07) is 8.02. The van der Waals surface area contributed by atoms with Crippen molar-refractivity contribution in [3.8, 4) is 6.07 Å². The molecule has 1 fully saturated rings. The number of nitrogens with zero attached hydrogens (tertiary/aromatic N) is 3. The number of hydrogen-bond donors (Lipinski definition) is 3. The molecule has 4 aromatic heterocycles. The van der Waals surface area contributed by atoms with Gasteiger partial charge in [-0.3, -0.25) is 4.98 Å². The molecule has 134 valence electrons. The molecule has 0 bridgehead atoms. The van der Waals surface area contributed by atoms with Crippen molar-refractivity contribution in [1.82, 2.24) is 19.9 Å². The molecule has 6 heteroatoms. The predicted molar refractivity (Wildman–Crippen MR) is 106 cm³/mol. The smallest absolute Gasteiger partial charge is 0.141 e. The summed E-state index contributed by atoms with van der Waals surface area (Å²) in [5.74, 6) is 1.35. The number of fused-ring (bicyclic) bond motifs is 2. The lowest BCUT2D eigenvalue weighted by molar-refractivity contribution is 0.445. The summed E-state index contributed by atoms with van der Waals surface area (Å²) in [5.41, 5.74) is 5.68. The van der Waals surface area contributed by atoms with Crippen molar-refractivity contribution in [3.05, 3.63) is 47.9 Å². The third kappa shape index (κ3) is 2.81. The number of nitrogens with one attached hydrogen (secondary N) is 3. The molecule has 5 rings (SSSR count). The summed E-state index contributed by atoms with van der Waals surface area (Å²) < 4.78 is 0. The van der Waals surface area contributed by atoms with Crippen molar-refractivity contribution in [2.45, 2.75) is 38.0 Å². The van der Waals surface area contributed by atoms with Crippen LogP contribution in [-0.4, -0.2) is 19.9 Å². The minimum absolute atomic E-state index is 0.605. The van der Waals surface area contributed by atoms with Crippen molar-refractivity contribution in [3.63, 3.8) is 0 Å². The van der Waals surface area contributed by atoms with Crippen LogP contribution < -0.4 is 5.32 Å². The molecule has 4 heterocycles. The van der Waals surface area contributed by atoms with Crippen molar-refractivity contribution < 1.29 is 0 Å². The van der Waals surface area contributed by atoms with Crippen molar-refractivity contribution in [2.75, 3.05) is 5.32 Å². The summed E-state index contributed by atoms with van der Waals surface area (Å²) in [6.07, 6.45) is 12.2. The molecule has 0 amide bonds. The summed E-state index contributed by atoms with van der Waals surface area (Å²) >= 11 is 0. The molecule has 0 aliphatic heterocycles. The fraction of sp³-hybridized carbons (Fsp3) is 0.286. The zero-order valence-corrected chi connectivity index (χ0v) is 14.9. The van der Waals surface area contributed by atoms with E-state index in [2.05, 4.69) is 38.6 Å². The zero-order valence-electron chi connectivity index (χ0n) is 14.9. The lowest BCUT2D eigenvalue weighted by Crippen LogP contribution is -2.04. The van der Waals surface area contributed by atoms with E-state index < -0.39 is 0 Å². The first-order valence-electron chi connectivity index (χ1n) is 9.44. The fourth-order valence-corrected chi connectivity index (χ4v) is 4.14. The quantitative estimate of drug-likeness (QED) is 0.476. The second-order valence-corrected chi connectivity index (χ2v) is 7.23. The summed E-state index contributed by atoms with van der Waals surface area (Å²) in [5, 5.41) is 13.2. The van der Waals surface area contributed by atoms with Gasteiger partial charge in [0.15, 0.2) is 0 Å². The van der Waals surface area contributed by atoms with Gasteiger partial charge in [0.25, 0.3) is 0 Å². The van der Waals surface area contributed by atoms with Gasteiger partial charge in [0.05, 0.1) is 28.5 Å². The zero-order chi connectivity index (χ0) is 18.2. The van der Waals surface area contributed by atoms with E-state index >= 15 is 0 Å². The number of rotatable bonds is 3. The fourth-order valence-electron chi connectivity index (χ4n) is 4.14. The molecule has 0 unspecified atom stereocenters. The first-order valence-corrected chi connectivity index (χ1v) is 9.44. The van der Waals surface area contributed by atoms with Gasteiger partial charge in [-0.05, 0) is 42.5 Å². The first-order chi connectivity index (χ1) is 13.3. The number of H-pyrrole nitrogens is 2. The van der Waals surface area contributed by atoms with Crippen LogP contribution in [0.1, 0.15) is 49.1 Å². The SMILES string of the molecule is N#Cc1c[nH]c2nc(Nc3cnc4c(C5CCCCC5)c[nH]c4c3)ccc12. The van der Waals surface area contributed by atoms with E-state index in [1.165, 1.54) is 37.7 Å². The number of pyridine rings is 2. The summed E-state index contributed by atoms with van der Waals surface area (Å²) in [4.78, 5) is 15.7. The Morgan fingerprint density at radius 1 is 1.11 bits per heavy atom. The van der Waals surface area contributed by atoms with Crippen molar-refractivity contribution >= 4 is 33.6 Å². The number of anilines is 2. The second kappa shape index (κ2) is 6.44. The van der Waals surface area contributed by atoms with Gasteiger partial charge in [-0.15, -0.1) is 0 Å². The molecule has 0 radical (unpaired) electrons. The molecular formula is C21H20N6. The predicted octanol–water partition coefficient (Wildman–Crippen LogP) is 5.10. The molecule has 1 aliphatic carbocycles. The van der Waals surface area contributed by atoms with Gasteiger partial charge in [0.1, 0.15) is 17.5 Å². The Bertz CT molecular complexity index is 1160. The van der Waals surface area contributed by atoms with Crippen molar-refractivity contribution in [2.24, 2.45) is 0 Å². The molecular weight excluding hydrogens is 336 g/mol. The lowest BCUT2D eigenvalue weighted by atomic mass is 9.85. The Kier molecular flexibility index (Phi) is 3.79. The minimum atomic E-state index is 0.605. The van der Waals surface area contributed by atoms with E-state index in [9.17, 15) is 0 Å². The Morgan fingerprint density at radius 3 is 2.85 bits per heavy atom. The number of nitriles is 1. The van der Waals surface area contributed by atoms with Crippen LogP contribution in [0.25, 0.3) is 22.1 Å². The summed E-state index contributed by atoms with van der Waals surface area (Å²) in [6.45, 7) is 0. The number of aromatic nitrogens is 4. The molecule has 0 atom stereocenters. The van der Waals surface area contributed by atoms with Gasteiger partial charge >= 0.3 is 0 Å². The highest BCUT2D eigenvalue weighted by atomic mass is 15.0. The molecule has 6 nitrogen and oxygen atoms in total. The van der Waals surface area contributed by atoms with Crippen LogP contribution in [0.4, 0.5) is 11.5 Å². The molecule has 1 aliphatic rings. The third-order valence-electron chi connectivity index (χ3n) is 5.52. The maximum absolute atomic E-state index is 9.10. The van der Waals surface area contributed by atoms with Gasteiger partial charge in [0.2, 0.25) is 0 Å². The number of hydrogen-bond acceptors (Lipinski definition) is 4. The Hall–Kier alpha value is -3.33. The maximum Gasteiger partial charge on any atom is 0.141 e. The van der Waals surface area contributed by atoms with Crippen LogP contribution in [0.2, 0.25) is 0 Å². The normalized spacial score (nSPS) is 15.2. The maximum atomic E-state index is 9.10. The average molecular weight is 356 g/mol. The highest BCUT2D eigenvalue weighted by Gasteiger charge is 2.19. The molecule has 3 N–H and O–H groups in total. The monoisotopic (exact) mass is 356 g/mol. The van der Waals surface area contributed by atoms with Gasteiger partial charge < -0.3 is 15.3 Å². The third-order valence-corrected chi connectivity index (χ3v) is 5.52. The largest absolute Gasteiger partial charge is 0.359 e. The van der Waals surface area contributed by atoms with Gasteiger partial charge in [0, 0.05) is 17.8 Å². The molecule has 0 spiro atoms. The van der Waals surface area contributed by atoms with Gasteiger partial charge in [-0.25, -0.2) is 4.98 Å². The summed E-state index contributed by atoms with van der Waals surface area (Å²) in [7, 11) is 0. The topological polar surface area (TPSA) is 93.2 Å². The Labute approximate surface area is 156 Å². The van der Waals surface area contributed by atoms with Gasteiger partial charge in [-0.2, -0.15) is 5.26 Å². The highest BCUT2D eigenvalue weighted by molar-refractivity contribution is 5.85. The lowest BCUT2D eigenvalue weighted by Gasteiger charge is -2.20. The molecule has 0 aromatic carbocycles. The van der Waals surface area contributed by atoms with Crippen LogP contribution in [-0.2, 0) is 0 Å². The van der Waals surface area contributed by atoms with Crippen molar-refractivity contribution in [1.29, 1.82) is 5.26 Å². The van der Waals surface area contributed by atoms with E-state index in [1.54, 1.807) is 6.20 Å². The molecule has 27 heavy (non-hydrogen) atoms. The van der Waals surface area contributed by atoms with Crippen LogP contribution in [0, 0.1) is 11.3 Å². The van der Waals surface area contributed by atoms with Crippen LogP contribution in [0.5, 0.6) is 0 Å². The molecule has 0 saturated heterocycles. The Balaban J connectivity index is 1.43. The van der Waals surface area contributed by atoms with E-state index in [1.807, 2.05) is 18.3 Å².